The number of ether oxygens (including phenoxy) is 1. The van der Waals surface area contributed by atoms with Crippen LogP contribution in [0.5, 0.6) is 5.75 Å². The number of nitriles is 1. The molecule has 0 bridgehead atoms. The standard InChI is InChI=1S/C22H23N5OS/c1-29-14-18-11-17(9-10-24-18)26-22-25-13-16-8-7-15(12-23)21(20(16)27-22)28-19-5-3-2-4-6-19/h7-11,13,19H,2-6,14H2,1H3,(H,24,25,26,27). The molecule has 0 atom stereocenters. The van der Waals surface area contributed by atoms with Crippen LogP contribution in [0.15, 0.2) is 36.7 Å². The summed E-state index contributed by atoms with van der Waals surface area (Å²) >= 11 is 1.73. The molecule has 0 amide bonds. The molecule has 1 aliphatic rings. The van der Waals surface area contributed by atoms with Crippen molar-refractivity contribution in [1.82, 2.24) is 15.0 Å². The Labute approximate surface area is 174 Å². The van der Waals surface area contributed by atoms with E-state index in [2.05, 4.69) is 27.6 Å². The van der Waals surface area contributed by atoms with Gasteiger partial charge in [0.1, 0.15) is 11.6 Å². The fraction of sp³-hybridized carbons (Fsp3) is 0.364. The molecule has 3 aromatic rings. The number of hydrogen-bond donors (Lipinski definition) is 1. The van der Waals surface area contributed by atoms with Gasteiger partial charge in [0.15, 0.2) is 5.75 Å². The summed E-state index contributed by atoms with van der Waals surface area (Å²) < 4.78 is 6.29. The summed E-state index contributed by atoms with van der Waals surface area (Å²) in [4.78, 5) is 13.5. The predicted molar refractivity (Wildman–Crippen MR) is 116 cm³/mol. The Morgan fingerprint density at radius 2 is 2.07 bits per heavy atom. The average molecular weight is 406 g/mol. The Balaban J connectivity index is 1.67. The van der Waals surface area contributed by atoms with Crippen molar-refractivity contribution >= 4 is 34.3 Å². The molecule has 2 heterocycles. The number of nitrogens with zero attached hydrogens (tertiary/aromatic N) is 4. The van der Waals surface area contributed by atoms with Crippen LogP contribution in [-0.2, 0) is 5.75 Å². The van der Waals surface area contributed by atoms with E-state index < -0.39 is 0 Å². The van der Waals surface area contributed by atoms with Gasteiger partial charge in [0.25, 0.3) is 0 Å². The molecule has 0 aliphatic heterocycles. The van der Waals surface area contributed by atoms with E-state index in [4.69, 9.17) is 9.72 Å². The Kier molecular flexibility index (Phi) is 6.11. The first kappa shape index (κ1) is 19.5. The largest absolute Gasteiger partial charge is 0.487 e. The number of nitrogens with one attached hydrogen (secondary N) is 1. The van der Waals surface area contributed by atoms with Crippen LogP contribution in [0.3, 0.4) is 0 Å². The van der Waals surface area contributed by atoms with Crippen molar-refractivity contribution in [2.75, 3.05) is 11.6 Å². The third-order valence-corrected chi connectivity index (χ3v) is 5.61. The summed E-state index contributed by atoms with van der Waals surface area (Å²) in [6.07, 6.45) is 11.4. The molecule has 0 unspecified atom stereocenters. The van der Waals surface area contributed by atoms with E-state index in [9.17, 15) is 5.26 Å². The zero-order valence-electron chi connectivity index (χ0n) is 16.4. The molecule has 0 saturated heterocycles. The highest BCUT2D eigenvalue weighted by molar-refractivity contribution is 7.97. The average Bonchev–Trinajstić information content (AvgIpc) is 2.75. The smallest absolute Gasteiger partial charge is 0.227 e. The summed E-state index contributed by atoms with van der Waals surface area (Å²) in [5.74, 6) is 1.89. The van der Waals surface area contributed by atoms with Gasteiger partial charge >= 0.3 is 0 Å². The van der Waals surface area contributed by atoms with Gasteiger partial charge in [0.2, 0.25) is 5.95 Å². The fourth-order valence-corrected chi connectivity index (χ4v) is 4.05. The van der Waals surface area contributed by atoms with Gasteiger partial charge in [-0.15, -0.1) is 0 Å². The van der Waals surface area contributed by atoms with Gasteiger partial charge in [-0.1, -0.05) is 6.42 Å². The van der Waals surface area contributed by atoms with Gasteiger partial charge in [-0.3, -0.25) is 4.98 Å². The van der Waals surface area contributed by atoms with E-state index in [0.29, 0.717) is 22.8 Å². The first-order valence-electron chi connectivity index (χ1n) is 9.84. The molecule has 1 aromatic carbocycles. The maximum absolute atomic E-state index is 9.59. The molecule has 0 radical (unpaired) electrons. The zero-order valence-corrected chi connectivity index (χ0v) is 17.2. The molecule has 1 aliphatic carbocycles. The first-order valence-corrected chi connectivity index (χ1v) is 11.2. The number of aromatic nitrogens is 3. The van der Waals surface area contributed by atoms with Crippen LogP contribution in [-0.4, -0.2) is 27.3 Å². The fourth-order valence-electron chi connectivity index (χ4n) is 3.60. The molecule has 29 heavy (non-hydrogen) atoms. The number of benzene rings is 1. The zero-order chi connectivity index (χ0) is 20.1. The molecular formula is C22H23N5OS. The van der Waals surface area contributed by atoms with Gasteiger partial charge in [-0.2, -0.15) is 17.0 Å². The molecule has 7 heteroatoms. The number of thioether (sulfide) groups is 1. The number of pyridine rings is 1. The minimum Gasteiger partial charge on any atom is -0.487 e. The second-order valence-corrected chi connectivity index (χ2v) is 8.02. The summed E-state index contributed by atoms with van der Waals surface area (Å²) in [6, 6.07) is 9.79. The highest BCUT2D eigenvalue weighted by Crippen LogP contribution is 2.32. The molecule has 6 nitrogen and oxygen atoms in total. The minimum atomic E-state index is 0.141. The second-order valence-electron chi connectivity index (χ2n) is 7.16. The van der Waals surface area contributed by atoms with Crippen molar-refractivity contribution in [3.05, 3.63) is 47.9 Å². The van der Waals surface area contributed by atoms with Crippen molar-refractivity contribution in [2.45, 2.75) is 44.0 Å². The van der Waals surface area contributed by atoms with Crippen LogP contribution < -0.4 is 10.1 Å². The van der Waals surface area contributed by atoms with Gasteiger partial charge in [0, 0.05) is 29.2 Å². The topological polar surface area (TPSA) is 83.7 Å². The maximum atomic E-state index is 9.59. The van der Waals surface area contributed by atoms with Crippen molar-refractivity contribution in [3.63, 3.8) is 0 Å². The molecule has 0 spiro atoms. The van der Waals surface area contributed by atoms with E-state index in [0.717, 1.165) is 35.4 Å². The van der Waals surface area contributed by atoms with Gasteiger partial charge < -0.3 is 10.1 Å². The van der Waals surface area contributed by atoms with E-state index in [1.807, 2.05) is 18.2 Å². The molecule has 4 rings (SSSR count). The van der Waals surface area contributed by atoms with Crippen LogP contribution in [0.4, 0.5) is 11.6 Å². The van der Waals surface area contributed by atoms with Crippen molar-refractivity contribution in [3.8, 4) is 11.8 Å². The predicted octanol–water partition coefficient (Wildman–Crippen LogP) is 5.21. The quantitative estimate of drug-likeness (QED) is 0.602. The van der Waals surface area contributed by atoms with Crippen LogP contribution in [0.2, 0.25) is 0 Å². The van der Waals surface area contributed by atoms with E-state index >= 15 is 0 Å². The summed E-state index contributed by atoms with van der Waals surface area (Å²) in [7, 11) is 0. The second kappa shape index (κ2) is 9.10. The van der Waals surface area contributed by atoms with Gasteiger partial charge in [-0.25, -0.2) is 9.97 Å². The first-order chi connectivity index (χ1) is 14.3. The number of anilines is 2. The molecular weight excluding hydrogens is 382 g/mol. The highest BCUT2D eigenvalue weighted by atomic mass is 32.2. The highest BCUT2D eigenvalue weighted by Gasteiger charge is 2.19. The van der Waals surface area contributed by atoms with Crippen molar-refractivity contribution < 1.29 is 4.74 Å². The van der Waals surface area contributed by atoms with Crippen LogP contribution in [0, 0.1) is 11.3 Å². The Morgan fingerprint density at radius 3 is 2.86 bits per heavy atom. The van der Waals surface area contributed by atoms with E-state index in [1.54, 1.807) is 30.2 Å². The SMILES string of the molecule is CSCc1cc(Nc2ncc3ccc(C#N)c(OC4CCCCC4)c3n2)ccn1. The van der Waals surface area contributed by atoms with Gasteiger partial charge in [0.05, 0.1) is 17.4 Å². The molecule has 148 valence electrons. The lowest BCUT2D eigenvalue weighted by atomic mass is 9.97. The molecule has 1 saturated carbocycles. The monoisotopic (exact) mass is 405 g/mol. The lowest BCUT2D eigenvalue weighted by Gasteiger charge is -2.24. The van der Waals surface area contributed by atoms with Gasteiger partial charge in [-0.05, 0) is 56.2 Å². The Morgan fingerprint density at radius 1 is 1.21 bits per heavy atom. The Bertz CT molecular complexity index is 1040. The minimum absolute atomic E-state index is 0.141. The Hall–Kier alpha value is -2.85. The summed E-state index contributed by atoms with van der Waals surface area (Å²) in [6.45, 7) is 0. The van der Waals surface area contributed by atoms with Crippen LogP contribution in [0.25, 0.3) is 10.9 Å². The van der Waals surface area contributed by atoms with E-state index in [-0.39, 0.29) is 6.10 Å². The number of fused-ring (bicyclic) bond motifs is 1. The lowest BCUT2D eigenvalue weighted by Crippen LogP contribution is -2.20. The molecule has 1 N–H and O–H groups in total. The molecule has 1 fully saturated rings. The van der Waals surface area contributed by atoms with Crippen molar-refractivity contribution in [1.29, 1.82) is 5.26 Å². The summed E-state index contributed by atoms with van der Waals surface area (Å²) in [5.41, 5.74) is 3.07. The van der Waals surface area contributed by atoms with E-state index in [1.165, 1.54) is 19.3 Å². The van der Waals surface area contributed by atoms with Crippen LogP contribution in [0.1, 0.15) is 43.4 Å². The maximum Gasteiger partial charge on any atom is 0.227 e. The third-order valence-electron chi connectivity index (χ3n) is 5.03. The third kappa shape index (κ3) is 4.60. The number of hydrogen-bond acceptors (Lipinski definition) is 7. The van der Waals surface area contributed by atoms with Crippen LogP contribution >= 0.6 is 11.8 Å². The lowest BCUT2D eigenvalue weighted by molar-refractivity contribution is 0.156. The number of rotatable bonds is 6. The van der Waals surface area contributed by atoms with Crippen molar-refractivity contribution in [2.24, 2.45) is 0 Å². The normalized spacial score (nSPS) is 14.5. The molecule has 2 aromatic heterocycles. The summed E-state index contributed by atoms with van der Waals surface area (Å²) in [5, 5.41) is 13.7.